The predicted octanol–water partition coefficient (Wildman–Crippen LogP) is 3.61. The van der Waals surface area contributed by atoms with E-state index in [-0.39, 0.29) is 24.2 Å². The highest BCUT2D eigenvalue weighted by molar-refractivity contribution is 9.10. The summed E-state index contributed by atoms with van der Waals surface area (Å²) in [6, 6.07) is 17.1. The molecule has 2 aromatic heterocycles. The van der Waals surface area contributed by atoms with Crippen LogP contribution < -0.4 is 21.2 Å². The van der Waals surface area contributed by atoms with Crippen LogP contribution in [-0.2, 0) is 6.54 Å². The maximum atomic E-state index is 12.5. The lowest BCUT2D eigenvalue weighted by molar-refractivity contribution is 0.0948. The first-order valence-electron chi connectivity index (χ1n) is 10.3. The van der Waals surface area contributed by atoms with Gasteiger partial charge >= 0.3 is 5.63 Å². The number of fused-ring (bicyclic) bond motifs is 1. The molecule has 4 rings (SSSR count). The van der Waals surface area contributed by atoms with Crippen LogP contribution in [0.2, 0.25) is 0 Å². The van der Waals surface area contributed by atoms with E-state index in [1.165, 1.54) is 16.8 Å². The molecule has 0 aliphatic rings. The fraction of sp³-hybridized carbons (Fsp3) is 0.167. The van der Waals surface area contributed by atoms with Gasteiger partial charge in [-0.15, -0.1) is 0 Å². The van der Waals surface area contributed by atoms with Crippen molar-refractivity contribution in [3.05, 3.63) is 91.5 Å². The number of benzene rings is 2. The lowest BCUT2D eigenvalue weighted by Crippen LogP contribution is -2.33. The van der Waals surface area contributed by atoms with Gasteiger partial charge in [0.15, 0.2) is 0 Å². The van der Waals surface area contributed by atoms with E-state index in [0.717, 1.165) is 15.8 Å². The molecule has 8 nitrogen and oxygen atoms in total. The van der Waals surface area contributed by atoms with E-state index in [9.17, 15) is 14.4 Å². The smallest absolute Gasteiger partial charge is 0.349 e. The lowest BCUT2D eigenvalue weighted by Gasteiger charge is -2.09. The molecule has 1 N–H and O–H groups in total. The molecule has 1 amide bonds. The van der Waals surface area contributed by atoms with Gasteiger partial charge in [-0.3, -0.25) is 9.59 Å². The number of nitrogens with one attached hydrogen (secondary N) is 1. The zero-order valence-corrected chi connectivity index (χ0v) is 19.3. The van der Waals surface area contributed by atoms with Crippen molar-refractivity contribution in [2.24, 2.45) is 0 Å². The van der Waals surface area contributed by atoms with E-state index in [1.54, 1.807) is 24.3 Å². The van der Waals surface area contributed by atoms with E-state index in [4.69, 9.17) is 9.15 Å². The molecule has 2 heterocycles. The Kier molecular flexibility index (Phi) is 6.69. The summed E-state index contributed by atoms with van der Waals surface area (Å²) in [6.45, 7) is 2.73. The molecule has 33 heavy (non-hydrogen) atoms. The van der Waals surface area contributed by atoms with Gasteiger partial charge < -0.3 is 14.5 Å². The van der Waals surface area contributed by atoms with Gasteiger partial charge in [-0.1, -0.05) is 15.9 Å². The highest BCUT2D eigenvalue weighted by Gasteiger charge is 2.14. The molecule has 2 aromatic carbocycles. The second-order valence-corrected chi connectivity index (χ2v) is 8.04. The van der Waals surface area contributed by atoms with Gasteiger partial charge in [-0.05, 0) is 61.5 Å². The molecule has 0 radical (unpaired) electrons. The van der Waals surface area contributed by atoms with Crippen LogP contribution in [0.1, 0.15) is 17.3 Å². The van der Waals surface area contributed by atoms with Crippen molar-refractivity contribution in [2.45, 2.75) is 13.5 Å². The second-order valence-electron chi connectivity index (χ2n) is 7.12. The first kappa shape index (κ1) is 22.5. The Balaban J connectivity index is 1.46. The Morgan fingerprint density at radius 1 is 1.09 bits per heavy atom. The van der Waals surface area contributed by atoms with Crippen LogP contribution in [0.25, 0.3) is 22.2 Å². The molecule has 0 atom stereocenters. The van der Waals surface area contributed by atoms with E-state index in [0.29, 0.717) is 23.3 Å². The molecule has 0 fully saturated rings. The first-order chi connectivity index (χ1) is 15.9. The maximum absolute atomic E-state index is 12.5. The summed E-state index contributed by atoms with van der Waals surface area (Å²) in [4.78, 5) is 37.0. The summed E-state index contributed by atoms with van der Waals surface area (Å²) < 4.78 is 12.7. The van der Waals surface area contributed by atoms with Crippen LogP contribution in [0.3, 0.4) is 0 Å². The fourth-order valence-electron chi connectivity index (χ4n) is 3.27. The Morgan fingerprint density at radius 2 is 1.88 bits per heavy atom. The standard InChI is InChI=1S/C24H20BrN3O5/c1-2-32-18-6-3-15(4-7-18)20-8-10-22(29)28(27-20)12-11-26-23(30)19-14-16-13-17(25)5-9-21(16)33-24(19)31/h3-10,13-14H,2,11-12H2,1H3,(H,26,30). The van der Waals surface area contributed by atoms with Gasteiger partial charge in [-0.2, -0.15) is 5.10 Å². The van der Waals surface area contributed by atoms with Crippen molar-refractivity contribution in [2.75, 3.05) is 13.2 Å². The molecular weight excluding hydrogens is 490 g/mol. The van der Waals surface area contributed by atoms with Crippen molar-refractivity contribution in [3.8, 4) is 17.0 Å². The molecule has 0 saturated heterocycles. The van der Waals surface area contributed by atoms with Gasteiger partial charge in [0, 0.05) is 28.0 Å². The first-order valence-corrected chi connectivity index (χ1v) is 11.1. The quantitative estimate of drug-likeness (QED) is 0.381. The van der Waals surface area contributed by atoms with Crippen molar-refractivity contribution in [1.29, 1.82) is 0 Å². The summed E-state index contributed by atoms with van der Waals surface area (Å²) in [5.74, 6) is 0.171. The fourth-order valence-corrected chi connectivity index (χ4v) is 3.65. The average Bonchev–Trinajstić information content (AvgIpc) is 2.81. The van der Waals surface area contributed by atoms with Crippen molar-refractivity contribution >= 4 is 32.8 Å². The van der Waals surface area contributed by atoms with Crippen molar-refractivity contribution in [3.63, 3.8) is 0 Å². The highest BCUT2D eigenvalue weighted by atomic mass is 79.9. The molecular formula is C24H20BrN3O5. The van der Waals surface area contributed by atoms with Crippen molar-refractivity contribution in [1.82, 2.24) is 15.1 Å². The van der Waals surface area contributed by atoms with Gasteiger partial charge in [0.2, 0.25) is 0 Å². The van der Waals surface area contributed by atoms with Gasteiger partial charge in [0.25, 0.3) is 11.5 Å². The van der Waals surface area contributed by atoms with Crippen LogP contribution in [0.4, 0.5) is 0 Å². The zero-order valence-electron chi connectivity index (χ0n) is 17.7. The molecule has 0 spiro atoms. The van der Waals surface area contributed by atoms with Crippen LogP contribution in [0.15, 0.2) is 79.1 Å². The van der Waals surface area contributed by atoms with E-state index in [1.807, 2.05) is 31.2 Å². The van der Waals surface area contributed by atoms with E-state index in [2.05, 4.69) is 26.3 Å². The summed E-state index contributed by atoms with van der Waals surface area (Å²) in [6.07, 6.45) is 0. The molecule has 0 bridgehead atoms. The molecule has 4 aromatic rings. The molecule has 0 unspecified atom stereocenters. The number of carbonyl (C=O) groups is 1. The summed E-state index contributed by atoms with van der Waals surface area (Å²) in [7, 11) is 0. The van der Waals surface area contributed by atoms with Crippen molar-refractivity contribution < 1.29 is 13.9 Å². The Labute approximate surface area is 196 Å². The zero-order chi connectivity index (χ0) is 23.4. The minimum absolute atomic E-state index is 0.106. The number of hydrogen-bond acceptors (Lipinski definition) is 6. The minimum atomic E-state index is -0.727. The van der Waals surface area contributed by atoms with Crippen LogP contribution >= 0.6 is 15.9 Å². The molecule has 0 saturated carbocycles. The minimum Gasteiger partial charge on any atom is -0.494 e. The van der Waals surface area contributed by atoms with E-state index < -0.39 is 11.5 Å². The summed E-state index contributed by atoms with van der Waals surface area (Å²) >= 11 is 3.35. The number of aromatic nitrogens is 2. The SMILES string of the molecule is CCOc1ccc(-c2ccc(=O)n(CCNC(=O)c3cc4cc(Br)ccc4oc3=O)n2)cc1. The summed E-state index contributed by atoms with van der Waals surface area (Å²) in [5.41, 5.74) is 0.704. The number of carbonyl (C=O) groups excluding carboxylic acids is 1. The largest absolute Gasteiger partial charge is 0.494 e. The predicted molar refractivity (Wildman–Crippen MR) is 128 cm³/mol. The number of rotatable bonds is 7. The molecule has 0 aliphatic carbocycles. The number of halogens is 1. The molecule has 9 heteroatoms. The lowest BCUT2D eigenvalue weighted by atomic mass is 10.1. The second kappa shape index (κ2) is 9.83. The van der Waals surface area contributed by atoms with Gasteiger partial charge in [0.05, 0.1) is 18.8 Å². The normalized spacial score (nSPS) is 10.8. The third-order valence-electron chi connectivity index (χ3n) is 4.88. The highest BCUT2D eigenvalue weighted by Crippen LogP contribution is 2.20. The summed E-state index contributed by atoms with van der Waals surface area (Å²) in [5, 5.41) is 7.65. The Bertz CT molecular complexity index is 1430. The van der Waals surface area contributed by atoms with Gasteiger partial charge in [0.1, 0.15) is 16.9 Å². The Hall–Kier alpha value is -3.72. The third kappa shape index (κ3) is 5.20. The number of amides is 1. The molecule has 168 valence electrons. The van der Waals surface area contributed by atoms with E-state index >= 15 is 0 Å². The Morgan fingerprint density at radius 3 is 2.64 bits per heavy atom. The number of nitrogens with zero attached hydrogens (tertiary/aromatic N) is 2. The maximum Gasteiger partial charge on any atom is 0.349 e. The number of hydrogen-bond donors (Lipinski definition) is 1. The average molecular weight is 510 g/mol. The number of ether oxygens (including phenoxy) is 1. The van der Waals surface area contributed by atoms with Crippen LogP contribution in [-0.4, -0.2) is 28.8 Å². The molecule has 0 aliphatic heterocycles. The topological polar surface area (TPSA) is 103 Å². The monoisotopic (exact) mass is 509 g/mol. The third-order valence-corrected chi connectivity index (χ3v) is 5.37. The van der Waals surface area contributed by atoms with Crippen LogP contribution in [0.5, 0.6) is 5.75 Å². The van der Waals surface area contributed by atoms with Gasteiger partial charge in [-0.25, -0.2) is 9.48 Å². The van der Waals surface area contributed by atoms with Crippen LogP contribution in [0, 0.1) is 0 Å².